The average molecular weight is 326 g/mol. The molecule has 1 saturated heterocycles. The molecular weight excluding hydrogens is 310 g/mol. The van der Waals surface area contributed by atoms with Crippen LogP contribution >= 0.6 is 15.9 Å². The summed E-state index contributed by atoms with van der Waals surface area (Å²) < 4.78 is 6.68. The molecule has 0 amide bonds. The van der Waals surface area contributed by atoms with Gasteiger partial charge < -0.3 is 15.2 Å². The molecule has 5 heteroatoms. The van der Waals surface area contributed by atoms with Crippen molar-refractivity contribution in [2.75, 3.05) is 19.7 Å². The van der Waals surface area contributed by atoms with Crippen LogP contribution in [0.1, 0.15) is 17.5 Å². The maximum Gasteiger partial charge on any atom is 0.311 e. The number of aliphatic carboxylic acids is 1. The van der Waals surface area contributed by atoms with E-state index in [1.807, 2.05) is 6.07 Å². The number of ether oxygens (including phenoxy) is 1. The number of fused-ring (bicyclic) bond motifs is 1. The Labute approximate surface area is 120 Å². The lowest BCUT2D eigenvalue weighted by molar-refractivity contribution is -0.147. The lowest BCUT2D eigenvalue weighted by Gasteiger charge is -2.24. The van der Waals surface area contributed by atoms with Gasteiger partial charge in [-0.25, -0.2) is 0 Å². The number of benzene rings is 1. The minimum atomic E-state index is -0.718. The van der Waals surface area contributed by atoms with E-state index in [9.17, 15) is 9.90 Å². The van der Waals surface area contributed by atoms with Gasteiger partial charge in [0.05, 0.1) is 12.0 Å². The second-order valence-corrected chi connectivity index (χ2v) is 6.26. The first-order chi connectivity index (χ1) is 9.11. The van der Waals surface area contributed by atoms with Crippen LogP contribution in [0.15, 0.2) is 16.6 Å². The van der Waals surface area contributed by atoms with Gasteiger partial charge in [0.1, 0.15) is 5.75 Å². The summed E-state index contributed by atoms with van der Waals surface area (Å²) in [5.41, 5.74) is 1.49. The van der Waals surface area contributed by atoms with Crippen LogP contribution in [-0.2, 0) is 17.6 Å². The second-order valence-electron chi connectivity index (χ2n) is 5.34. The van der Waals surface area contributed by atoms with Crippen LogP contribution in [0.4, 0.5) is 0 Å². The Hall–Kier alpha value is -1.07. The molecule has 2 aliphatic rings. The summed E-state index contributed by atoms with van der Waals surface area (Å²) in [7, 11) is 0. The molecule has 2 heterocycles. The summed E-state index contributed by atoms with van der Waals surface area (Å²) in [5.74, 6) is 0.181. The molecule has 0 bridgehead atoms. The number of nitrogens with one attached hydrogen (secondary N) is 1. The van der Waals surface area contributed by atoms with Crippen molar-refractivity contribution in [2.24, 2.45) is 5.41 Å². The number of halogens is 1. The monoisotopic (exact) mass is 325 g/mol. The molecular formula is C14H16BrNO3. The molecule has 3 rings (SSSR count). The fourth-order valence-corrected chi connectivity index (χ4v) is 3.55. The van der Waals surface area contributed by atoms with E-state index < -0.39 is 11.4 Å². The van der Waals surface area contributed by atoms with Crippen molar-refractivity contribution in [3.63, 3.8) is 0 Å². The molecule has 1 unspecified atom stereocenters. The van der Waals surface area contributed by atoms with Gasteiger partial charge in [-0.15, -0.1) is 0 Å². The van der Waals surface area contributed by atoms with E-state index in [0.29, 0.717) is 26.0 Å². The topological polar surface area (TPSA) is 58.6 Å². The molecule has 2 aliphatic heterocycles. The van der Waals surface area contributed by atoms with E-state index in [1.54, 1.807) is 0 Å². The zero-order chi connectivity index (χ0) is 13.5. The van der Waals surface area contributed by atoms with E-state index in [1.165, 1.54) is 5.56 Å². The minimum Gasteiger partial charge on any atom is -0.493 e. The van der Waals surface area contributed by atoms with Gasteiger partial charge in [0.25, 0.3) is 0 Å². The maximum atomic E-state index is 11.6. The largest absolute Gasteiger partial charge is 0.493 e. The maximum absolute atomic E-state index is 11.6. The van der Waals surface area contributed by atoms with Gasteiger partial charge in [0.2, 0.25) is 0 Å². The Kier molecular flexibility index (Phi) is 3.27. The van der Waals surface area contributed by atoms with Gasteiger partial charge in [-0.1, -0.05) is 15.9 Å². The number of carboxylic acids is 1. The van der Waals surface area contributed by atoms with Gasteiger partial charge in [-0.2, -0.15) is 0 Å². The molecule has 0 spiro atoms. The van der Waals surface area contributed by atoms with Gasteiger partial charge in [0, 0.05) is 17.4 Å². The van der Waals surface area contributed by atoms with Crippen molar-refractivity contribution in [1.29, 1.82) is 0 Å². The van der Waals surface area contributed by atoms with Gasteiger partial charge in [-0.05, 0) is 42.6 Å². The highest BCUT2D eigenvalue weighted by Crippen LogP contribution is 2.39. The third kappa shape index (κ3) is 2.25. The van der Waals surface area contributed by atoms with E-state index in [0.717, 1.165) is 28.8 Å². The van der Waals surface area contributed by atoms with Crippen molar-refractivity contribution in [3.05, 3.63) is 27.7 Å². The fourth-order valence-electron chi connectivity index (χ4n) is 2.99. The van der Waals surface area contributed by atoms with E-state index >= 15 is 0 Å². The lowest BCUT2D eigenvalue weighted by atomic mass is 9.80. The first kappa shape index (κ1) is 12.9. The standard InChI is InChI=1S/C14H16BrNO3/c15-11-5-9-1-4-19-12(9)10(6-11)7-14(13(17)18)2-3-16-8-14/h5-6,16H,1-4,7-8H2,(H,17,18). The van der Waals surface area contributed by atoms with E-state index in [2.05, 4.69) is 27.3 Å². The lowest BCUT2D eigenvalue weighted by Crippen LogP contribution is -2.35. The summed E-state index contributed by atoms with van der Waals surface area (Å²) >= 11 is 3.50. The van der Waals surface area contributed by atoms with E-state index in [4.69, 9.17) is 4.74 Å². The number of carboxylic acid groups (broad SMARTS) is 1. The molecule has 102 valence electrons. The second kappa shape index (κ2) is 4.80. The first-order valence-electron chi connectivity index (χ1n) is 6.49. The van der Waals surface area contributed by atoms with Gasteiger partial charge in [0.15, 0.2) is 0 Å². The molecule has 2 N–H and O–H groups in total. The van der Waals surface area contributed by atoms with E-state index in [-0.39, 0.29) is 0 Å². The van der Waals surface area contributed by atoms with Crippen LogP contribution in [0.5, 0.6) is 5.75 Å². The van der Waals surface area contributed by atoms with Crippen LogP contribution < -0.4 is 10.1 Å². The SMILES string of the molecule is O=C(O)C1(Cc2cc(Br)cc3c2OCC3)CCNC1. The molecule has 0 aliphatic carbocycles. The average Bonchev–Trinajstić information content (AvgIpc) is 2.97. The van der Waals surface area contributed by atoms with Crippen LogP contribution in [0.2, 0.25) is 0 Å². The summed E-state index contributed by atoms with van der Waals surface area (Å²) in [6.07, 6.45) is 2.10. The molecule has 1 atom stereocenters. The Morgan fingerprint density at radius 3 is 3.05 bits per heavy atom. The Morgan fingerprint density at radius 1 is 1.53 bits per heavy atom. The predicted octanol–water partition coefficient (Wildman–Crippen LogP) is 1.99. The number of hydrogen-bond acceptors (Lipinski definition) is 3. The molecule has 0 aromatic heterocycles. The smallest absolute Gasteiger partial charge is 0.311 e. The molecule has 1 fully saturated rings. The van der Waals surface area contributed by atoms with Gasteiger partial charge in [-0.3, -0.25) is 4.79 Å². The van der Waals surface area contributed by atoms with Crippen molar-refractivity contribution < 1.29 is 14.6 Å². The predicted molar refractivity (Wildman–Crippen MR) is 74.6 cm³/mol. The Morgan fingerprint density at radius 2 is 2.37 bits per heavy atom. The minimum absolute atomic E-state index is 0.525. The summed E-state index contributed by atoms with van der Waals surface area (Å²) in [5, 5.41) is 12.7. The molecule has 0 radical (unpaired) electrons. The van der Waals surface area contributed by atoms with Gasteiger partial charge >= 0.3 is 5.97 Å². The summed E-state index contributed by atoms with van der Waals surface area (Å²) in [6, 6.07) is 4.05. The van der Waals surface area contributed by atoms with Crippen molar-refractivity contribution in [3.8, 4) is 5.75 Å². The van der Waals surface area contributed by atoms with Crippen LogP contribution in [0, 0.1) is 5.41 Å². The normalized spacial score (nSPS) is 25.1. The number of carbonyl (C=O) groups is 1. The first-order valence-corrected chi connectivity index (χ1v) is 7.28. The molecule has 19 heavy (non-hydrogen) atoms. The number of rotatable bonds is 3. The fraction of sp³-hybridized carbons (Fsp3) is 0.500. The zero-order valence-corrected chi connectivity index (χ0v) is 12.1. The third-order valence-electron chi connectivity index (χ3n) is 4.05. The molecule has 4 nitrogen and oxygen atoms in total. The molecule has 1 aromatic carbocycles. The quantitative estimate of drug-likeness (QED) is 0.892. The summed E-state index contributed by atoms with van der Waals surface area (Å²) in [6.45, 7) is 1.99. The highest BCUT2D eigenvalue weighted by atomic mass is 79.9. The Bertz CT molecular complexity index is 524. The van der Waals surface area contributed by atoms with Crippen LogP contribution in [0.3, 0.4) is 0 Å². The van der Waals surface area contributed by atoms with Crippen molar-refractivity contribution in [1.82, 2.24) is 5.32 Å². The zero-order valence-electron chi connectivity index (χ0n) is 10.5. The summed E-state index contributed by atoms with van der Waals surface area (Å²) in [4.78, 5) is 11.6. The van der Waals surface area contributed by atoms with Crippen molar-refractivity contribution in [2.45, 2.75) is 19.3 Å². The third-order valence-corrected chi connectivity index (χ3v) is 4.51. The van der Waals surface area contributed by atoms with Crippen LogP contribution in [0.25, 0.3) is 0 Å². The van der Waals surface area contributed by atoms with Crippen LogP contribution in [-0.4, -0.2) is 30.8 Å². The highest BCUT2D eigenvalue weighted by Gasteiger charge is 2.42. The highest BCUT2D eigenvalue weighted by molar-refractivity contribution is 9.10. The number of hydrogen-bond donors (Lipinski definition) is 2. The molecule has 1 aromatic rings. The Balaban J connectivity index is 1.97. The molecule has 0 saturated carbocycles. The van der Waals surface area contributed by atoms with Crippen molar-refractivity contribution >= 4 is 21.9 Å².